The van der Waals surface area contributed by atoms with Crippen LogP contribution in [0.3, 0.4) is 0 Å². The molecule has 2 atom stereocenters. The highest BCUT2D eigenvalue weighted by Crippen LogP contribution is 2.29. The third kappa shape index (κ3) is 6.42. The van der Waals surface area contributed by atoms with Crippen LogP contribution in [-0.4, -0.2) is 25.0 Å². The van der Waals surface area contributed by atoms with E-state index in [0.29, 0.717) is 24.4 Å². The first-order chi connectivity index (χ1) is 9.00. The van der Waals surface area contributed by atoms with Crippen molar-refractivity contribution in [3.63, 3.8) is 0 Å². The van der Waals surface area contributed by atoms with Gasteiger partial charge in [-0.1, -0.05) is 40.5 Å². The lowest BCUT2D eigenvalue weighted by Gasteiger charge is -2.35. The average molecular weight is 268 g/mol. The van der Waals surface area contributed by atoms with Crippen molar-refractivity contribution in [2.75, 3.05) is 13.1 Å². The van der Waals surface area contributed by atoms with E-state index in [0.717, 1.165) is 18.9 Å². The van der Waals surface area contributed by atoms with Crippen LogP contribution in [0.1, 0.15) is 59.8 Å². The summed E-state index contributed by atoms with van der Waals surface area (Å²) in [5.41, 5.74) is 0. The van der Waals surface area contributed by atoms with Gasteiger partial charge in [0.05, 0.1) is 6.54 Å². The molecule has 0 aliphatic heterocycles. The van der Waals surface area contributed by atoms with Crippen LogP contribution in [0.5, 0.6) is 0 Å². The highest BCUT2D eigenvalue weighted by atomic mass is 16.1. The van der Waals surface area contributed by atoms with Crippen LogP contribution in [0.25, 0.3) is 0 Å². The largest absolute Gasteiger partial charge is 0.355 e. The lowest BCUT2D eigenvalue weighted by Crippen LogP contribution is -2.45. The number of amides is 1. The number of hydrogen-bond donors (Lipinski definition) is 2. The maximum atomic E-state index is 11.8. The van der Waals surface area contributed by atoms with Gasteiger partial charge >= 0.3 is 0 Å². The maximum Gasteiger partial charge on any atom is 0.233 e. The Kier molecular flexibility index (Phi) is 7.44. The van der Waals surface area contributed by atoms with Crippen LogP contribution in [0.4, 0.5) is 0 Å². The summed E-state index contributed by atoms with van der Waals surface area (Å²) in [5, 5.41) is 6.48. The fourth-order valence-corrected chi connectivity index (χ4v) is 3.00. The Bertz CT molecular complexity index is 263. The average Bonchev–Trinajstić information content (AvgIpc) is 2.36. The monoisotopic (exact) mass is 268 g/mol. The summed E-state index contributed by atoms with van der Waals surface area (Å²) in [4.78, 5) is 11.8. The first-order valence-corrected chi connectivity index (χ1v) is 8.00. The Balaban J connectivity index is 2.24. The van der Waals surface area contributed by atoms with Gasteiger partial charge in [0.15, 0.2) is 0 Å². The molecule has 0 saturated heterocycles. The molecule has 0 spiro atoms. The molecular formula is C16H32N2O. The summed E-state index contributed by atoms with van der Waals surface area (Å²) in [6.07, 6.45) is 6.24. The van der Waals surface area contributed by atoms with E-state index in [-0.39, 0.29) is 5.91 Å². The van der Waals surface area contributed by atoms with E-state index >= 15 is 0 Å². The smallest absolute Gasteiger partial charge is 0.233 e. The van der Waals surface area contributed by atoms with Gasteiger partial charge < -0.3 is 10.6 Å². The molecular weight excluding hydrogens is 236 g/mol. The highest BCUT2D eigenvalue weighted by Gasteiger charge is 2.27. The second-order valence-corrected chi connectivity index (χ2v) is 6.71. The van der Waals surface area contributed by atoms with Crippen LogP contribution in [0.15, 0.2) is 0 Å². The molecule has 3 heteroatoms. The molecule has 1 aliphatic carbocycles. The van der Waals surface area contributed by atoms with Crippen LogP contribution in [-0.2, 0) is 4.79 Å². The van der Waals surface area contributed by atoms with Gasteiger partial charge in [-0.25, -0.2) is 0 Å². The minimum Gasteiger partial charge on any atom is -0.355 e. The van der Waals surface area contributed by atoms with E-state index in [1.807, 2.05) is 0 Å². The molecule has 1 fully saturated rings. The zero-order chi connectivity index (χ0) is 14.3. The lowest BCUT2D eigenvalue weighted by atomic mass is 9.78. The zero-order valence-corrected chi connectivity index (χ0v) is 13.2. The summed E-state index contributed by atoms with van der Waals surface area (Å²) in [5.74, 6) is 2.24. The molecule has 0 bridgehead atoms. The summed E-state index contributed by atoms with van der Waals surface area (Å²) in [6.45, 7) is 10.2. The van der Waals surface area contributed by atoms with Gasteiger partial charge in [-0.3, -0.25) is 4.79 Å². The summed E-state index contributed by atoms with van der Waals surface area (Å²) in [6, 6.07) is 0.532. The number of hydrogen-bond acceptors (Lipinski definition) is 2. The molecule has 2 N–H and O–H groups in total. The second-order valence-electron chi connectivity index (χ2n) is 6.71. The van der Waals surface area contributed by atoms with Gasteiger partial charge in [0.25, 0.3) is 0 Å². The van der Waals surface area contributed by atoms with Crippen molar-refractivity contribution in [2.45, 2.75) is 65.8 Å². The van der Waals surface area contributed by atoms with Crippen molar-refractivity contribution < 1.29 is 4.79 Å². The van der Waals surface area contributed by atoms with E-state index in [1.165, 1.54) is 25.7 Å². The molecule has 19 heavy (non-hydrogen) atoms. The zero-order valence-electron chi connectivity index (χ0n) is 13.2. The molecule has 0 aromatic rings. The second kappa shape index (κ2) is 8.57. The van der Waals surface area contributed by atoms with E-state index in [2.05, 4.69) is 38.3 Å². The van der Waals surface area contributed by atoms with Gasteiger partial charge in [-0.15, -0.1) is 0 Å². The fourth-order valence-electron chi connectivity index (χ4n) is 3.00. The Morgan fingerprint density at radius 2 is 1.84 bits per heavy atom. The number of nitrogens with one attached hydrogen (secondary N) is 2. The summed E-state index contributed by atoms with van der Waals surface area (Å²) in [7, 11) is 0. The third-order valence-corrected chi connectivity index (χ3v) is 4.24. The predicted octanol–water partition coefficient (Wildman–Crippen LogP) is 2.95. The number of carbonyl (C=O) groups is 1. The Morgan fingerprint density at radius 1 is 1.16 bits per heavy atom. The Hall–Kier alpha value is -0.570. The van der Waals surface area contributed by atoms with Gasteiger partial charge in [0.1, 0.15) is 0 Å². The highest BCUT2D eigenvalue weighted by molar-refractivity contribution is 5.77. The SMILES string of the molecule is CC(C)CCNC(=O)CNC1CCCCC1C(C)C. The Labute approximate surface area is 118 Å². The standard InChI is InChI=1S/C16H32N2O/c1-12(2)9-10-17-16(19)11-18-15-8-6-5-7-14(15)13(3)4/h12-15,18H,5-11H2,1-4H3,(H,17,19). The first-order valence-electron chi connectivity index (χ1n) is 8.00. The third-order valence-electron chi connectivity index (χ3n) is 4.24. The minimum atomic E-state index is 0.147. The predicted molar refractivity (Wildman–Crippen MR) is 81.1 cm³/mol. The van der Waals surface area contributed by atoms with E-state index in [4.69, 9.17) is 0 Å². The molecule has 1 saturated carbocycles. The molecule has 112 valence electrons. The molecule has 1 amide bonds. The fraction of sp³-hybridized carbons (Fsp3) is 0.938. The molecule has 3 nitrogen and oxygen atoms in total. The van der Waals surface area contributed by atoms with E-state index in [1.54, 1.807) is 0 Å². The molecule has 0 aromatic heterocycles. The van der Waals surface area contributed by atoms with Gasteiger partial charge in [0, 0.05) is 12.6 Å². The molecule has 0 aromatic carbocycles. The van der Waals surface area contributed by atoms with Gasteiger partial charge in [-0.05, 0) is 37.0 Å². The lowest BCUT2D eigenvalue weighted by molar-refractivity contribution is -0.120. The van der Waals surface area contributed by atoms with Gasteiger partial charge in [0.2, 0.25) is 5.91 Å². The maximum absolute atomic E-state index is 11.8. The van der Waals surface area contributed by atoms with Crippen LogP contribution >= 0.6 is 0 Å². The van der Waals surface area contributed by atoms with Gasteiger partial charge in [-0.2, -0.15) is 0 Å². The van der Waals surface area contributed by atoms with E-state index < -0.39 is 0 Å². The van der Waals surface area contributed by atoms with Crippen molar-refractivity contribution in [1.29, 1.82) is 0 Å². The van der Waals surface area contributed by atoms with Crippen molar-refractivity contribution in [3.05, 3.63) is 0 Å². The van der Waals surface area contributed by atoms with Crippen molar-refractivity contribution in [1.82, 2.24) is 10.6 Å². The normalized spacial score (nSPS) is 23.9. The quantitative estimate of drug-likeness (QED) is 0.745. The molecule has 0 heterocycles. The van der Waals surface area contributed by atoms with Crippen molar-refractivity contribution in [3.8, 4) is 0 Å². The number of rotatable bonds is 7. The first kappa shape index (κ1) is 16.5. The van der Waals surface area contributed by atoms with Crippen molar-refractivity contribution in [2.24, 2.45) is 17.8 Å². The number of carbonyl (C=O) groups excluding carboxylic acids is 1. The van der Waals surface area contributed by atoms with Crippen LogP contribution in [0.2, 0.25) is 0 Å². The van der Waals surface area contributed by atoms with Crippen molar-refractivity contribution >= 4 is 5.91 Å². The molecule has 2 unspecified atom stereocenters. The summed E-state index contributed by atoms with van der Waals surface area (Å²) < 4.78 is 0. The topological polar surface area (TPSA) is 41.1 Å². The van der Waals surface area contributed by atoms with E-state index in [9.17, 15) is 4.79 Å². The van der Waals surface area contributed by atoms with Crippen LogP contribution in [0, 0.1) is 17.8 Å². The minimum absolute atomic E-state index is 0.147. The molecule has 0 radical (unpaired) electrons. The summed E-state index contributed by atoms with van der Waals surface area (Å²) >= 11 is 0. The molecule has 1 aliphatic rings. The van der Waals surface area contributed by atoms with Crippen LogP contribution < -0.4 is 10.6 Å². The Morgan fingerprint density at radius 3 is 2.47 bits per heavy atom. The molecule has 1 rings (SSSR count).